The quantitative estimate of drug-likeness (QED) is 0.0387. The topological polar surface area (TPSA) is 213 Å². The van der Waals surface area contributed by atoms with Gasteiger partial charge in [-0.1, -0.05) is 60.7 Å². The van der Waals surface area contributed by atoms with Crippen molar-refractivity contribution in [2.75, 3.05) is 13.1 Å². The van der Waals surface area contributed by atoms with Crippen LogP contribution in [0.1, 0.15) is 49.7 Å². The lowest BCUT2D eigenvalue weighted by Crippen LogP contribution is -2.25. The number of alkyl carbamates (subject to hydrolysis) is 2. The second-order valence-corrected chi connectivity index (χ2v) is 12.4. The molecule has 0 spiro atoms. The summed E-state index contributed by atoms with van der Waals surface area (Å²) in [6.45, 7) is 1.24. The minimum absolute atomic E-state index is 0.177. The molecule has 2 aromatic carbocycles. The van der Waals surface area contributed by atoms with Gasteiger partial charge in [0.25, 0.3) is 0 Å². The number of aliphatic hydroxyl groups is 1. The minimum Gasteiger partial charge on any atom is -0.479 e. The number of nitrogens with one attached hydrogen (secondary N) is 2. The Labute approximate surface area is 307 Å². The van der Waals surface area contributed by atoms with Crippen LogP contribution in [0.5, 0.6) is 0 Å². The summed E-state index contributed by atoms with van der Waals surface area (Å²) in [7, 11) is 0. The van der Waals surface area contributed by atoms with E-state index in [-0.39, 0.29) is 19.6 Å². The van der Waals surface area contributed by atoms with E-state index >= 15 is 0 Å². The second kappa shape index (κ2) is 25.0. The number of aliphatic carboxylic acids is 1. The van der Waals surface area contributed by atoms with Crippen molar-refractivity contribution in [1.29, 1.82) is 0 Å². The molecule has 3 rings (SSSR count). The zero-order chi connectivity index (χ0) is 37.4. The predicted molar refractivity (Wildman–Crippen MR) is 180 cm³/mol. The first-order chi connectivity index (χ1) is 23.7. The number of halogens is 4. The van der Waals surface area contributed by atoms with Crippen LogP contribution in [0, 0.1) is 0 Å². The van der Waals surface area contributed by atoms with Crippen molar-refractivity contribution in [2.45, 2.75) is 67.9 Å². The third-order valence-corrected chi connectivity index (χ3v) is 6.24. The largest absolute Gasteiger partial charge is 0.517 e. The summed E-state index contributed by atoms with van der Waals surface area (Å²) in [5.41, 5.74) is 0.677. The lowest BCUT2D eigenvalue weighted by molar-refractivity contribution is -0.147. The van der Waals surface area contributed by atoms with Crippen molar-refractivity contribution in [1.82, 2.24) is 10.6 Å². The molecule has 0 saturated carbocycles. The van der Waals surface area contributed by atoms with E-state index < -0.39 is 51.9 Å². The molecule has 2 amide bonds. The molecule has 4 N–H and O–H groups in total. The van der Waals surface area contributed by atoms with E-state index in [1.165, 1.54) is 0 Å². The number of carbonyl (C=O) groups excluding carboxylic acids is 5. The van der Waals surface area contributed by atoms with Gasteiger partial charge in [-0.3, -0.25) is 0 Å². The number of hydrogen-bond acceptors (Lipinski definition) is 12. The number of alkyl halides is 3. The van der Waals surface area contributed by atoms with Gasteiger partial charge >= 0.3 is 39.7 Å². The predicted octanol–water partition coefficient (Wildman–Crippen LogP) is 6.36. The number of rotatable bonds is 15. The van der Waals surface area contributed by atoms with E-state index in [0.29, 0.717) is 45.2 Å². The van der Waals surface area contributed by atoms with Crippen molar-refractivity contribution in [3.05, 3.63) is 71.8 Å². The van der Waals surface area contributed by atoms with Crippen LogP contribution in [-0.2, 0) is 46.5 Å². The molecule has 2 atom stereocenters. The fourth-order valence-electron chi connectivity index (χ4n) is 3.57. The van der Waals surface area contributed by atoms with Crippen molar-refractivity contribution < 1.29 is 62.7 Å². The monoisotopic (exact) mass is 784 g/mol. The summed E-state index contributed by atoms with van der Waals surface area (Å²) in [5.74, 6) is -1.87. The average Bonchev–Trinajstić information content (AvgIpc) is 3.38. The van der Waals surface area contributed by atoms with Crippen LogP contribution in [0.4, 0.5) is 19.2 Å². The number of cyclic esters (lactones) is 3. The number of unbranched alkanes of at least 4 members (excludes halogenated alkanes) is 2. The van der Waals surface area contributed by atoms with Crippen molar-refractivity contribution in [3.8, 4) is 0 Å². The Morgan fingerprint density at radius 2 is 1.28 bits per heavy atom. The highest BCUT2D eigenvalue weighted by Crippen LogP contribution is 2.28. The molecule has 19 heteroatoms. The molecule has 1 saturated heterocycles. The van der Waals surface area contributed by atoms with Crippen LogP contribution < -0.4 is 10.6 Å². The van der Waals surface area contributed by atoms with Crippen molar-refractivity contribution >= 4 is 82.1 Å². The molecule has 0 bridgehead atoms. The maximum absolute atomic E-state index is 11.5. The number of amides is 2. The van der Waals surface area contributed by atoms with Crippen LogP contribution in [-0.4, -0.2) is 75.2 Å². The molecule has 1 heterocycles. The molecule has 0 radical (unpaired) electrons. The Bertz CT molecular complexity index is 1350. The van der Waals surface area contributed by atoms with Crippen LogP contribution in [0.2, 0.25) is 0 Å². The first-order valence-electron chi connectivity index (χ1n) is 14.8. The van der Waals surface area contributed by atoms with E-state index in [1.807, 2.05) is 60.7 Å². The maximum atomic E-state index is 11.5. The first kappa shape index (κ1) is 44.0. The average molecular weight is 786 g/mol. The maximum Gasteiger partial charge on any atom is 0.517 e. The summed E-state index contributed by atoms with van der Waals surface area (Å²) < 4.78 is 20.8. The zero-order valence-corrected chi connectivity index (χ0v) is 29.4. The molecule has 50 heavy (non-hydrogen) atoms. The molecule has 0 aliphatic carbocycles. The number of esters is 1. The van der Waals surface area contributed by atoms with Gasteiger partial charge in [-0.15, -0.1) is 0 Å². The molecule has 2 aromatic rings. The summed E-state index contributed by atoms with van der Waals surface area (Å²) in [5, 5.41) is 22.7. The highest BCUT2D eigenvalue weighted by Gasteiger charge is 2.34. The van der Waals surface area contributed by atoms with E-state index in [1.54, 1.807) is 0 Å². The van der Waals surface area contributed by atoms with Crippen LogP contribution in [0.3, 0.4) is 0 Å². The van der Waals surface area contributed by atoms with Crippen molar-refractivity contribution in [2.24, 2.45) is 0 Å². The smallest absolute Gasteiger partial charge is 0.479 e. The summed E-state index contributed by atoms with van der Waals surface area (Å²) >= 11 is 19.4. The van der Waals surface area contributed by atoms with Gasteiger partial charge in [0.2, 0.25) is 6.10 Å². The highest BCUT2D eigenvalue weighted by atomic mass is 35.6. The van der Waals surface area contributed by atoms with Gasteiger partial charge in [-0.25, -0.2) is 28.8 Å². The van der Waals surface area contributed by atoms with Gasteiger partial charge in [0, 0.05) is 24.7 Å². The molecular weight excluding hydrogens is 750 g/mol. The standard InChI is InChI=1S/C15H17NO6.C14H19NO5.C2Cl4O2/c17-13-12(21-15(19)22-13)8-4-5-9-16-14(18)20-10-11-6-2-1-3-7-11;16-12(13(17)18)8-4-5-9-15-14(19)20-10-11-6-2-1-3-7-11;3-1(7)8-2(4,5)6/h1-3,6-7,12H,4-5,8-10H2,(H,16,18);1-3,6-7,12,16H,4-5,8-10H2,(H,15,19)(H,17,18);. The third kappa shape index (κ3) is 23.4. The first-order valence-corrected chi connectivity index (χ1v) is 16.3. The van der Waals surface area contributed by atoms with Crippen LogP contribution in [0.25, 0.3) is 0 Å². The molecular formula is C31H36Cl4N2O13. The van der Waals surface area contributed by atoms with E-state index in [0.717, 1.165) is 11.1 Å². The SMILES string of the molecule is O=C(Cl)OC(Cl)(Cl)Cl.O=C(NCCCCC(O)C(=O)O)OCc1ccccc1.O=C(NCCCCC1OC(=O)OC1=O)OCc1ccccc1. The second-order valence-electron chi connectivity index (χ2n) is 9.89. The van der Waals surface area contributed by atoms with Crippen LogP contribution >= 0.6 is 46.4 Å². The number of carboxylic acid groups (broad SMARTS) is 1. The molecule has 1 fully saturated rings. The Hall–Kier alpha value is -4.02. The number of carbonyl (C=O) groups is 6. The van der Waals surface area contributed by atoms with Gasteiger partial charge in [-0.05, 0) is 84.5 Å². The summed E-state index contributed by atoms with van der Waals surface area (Å²) in [6.07, 6.45) is -1.18. The summed E-state index contributed by atoms with van der Waals surface area (Å²) in [4.78, 5) is 64.7. The van der Waals surface area contributed by atoms with E-state index in [4.69, 9.17) is 54.5 Å². The number of aliphatic hydroxyl groups excluding tert-OH is 1. The lowest BCUT2D eigenvalue weighted by Gasteiger charge is -2.08. The van der Waals surface area contributed by atoms with Gasteiger partial charge < -0.3 is 44.5 Å². The number of carboxylic acids is 1. The molecule has 1 aliphatic rings. The zero-order valence-electron chi connectivity index (χ0n) is 26.4. The lowest BCUT2D eigenvalue weighted by atomic mass is 10.1. The molecule has 15 nitrogen and oxygen atoms in total. The Morgan fingerprint density at radius 3 is 1.66 bits per heavy atom. The molecule has 276 valence electrons. The van der Waals surface area contributed by atoms with E-state index in [9.17, 15) is 28.8 Å². The normalized spacial score (nSPS) is 13.8. The third-order valence-electron chi connectivity index (χ3n) is 5.93. The van der Waals surface area contributed by atoms with Gasteiger partial charge in [0.1, 0.15) is 13.2 Å². The molecule has 0 aromatic heterocycles. The van der Waals surface area contributed by atoms with E-state index in [2.05, 4.69) is 36.4 Å². The number of hydrogen-bond donors (Lipinski definition) is 4. The molecule has 2 unspecified atom stereocenters. The van der Waals surface area contributed by atoms with Gasteiger partial charge in [0.15, 0.2) is 6.10 Å². The van der Waals surface area contributed by atoms with Gasteiger partial charge in [0.05, 0.1) is 0 Å². The molecule has 1 aliphatic heterocycles. The number of benzene rings is 2. The summed E-state index contributed by atoms with van der Waals surface area (Å²) in [6, 6.07) is 18.7. The minimum atomic E-state index is -2.04. The Balaban J connectivity index is 0.000000414. The fraction of sp³-hybridized carbons (Fsp3) is 0.419. The number of ether oxygens (including phenoxy) is 5. The Morgan fingerprint density at radius 1 is 0.800 bits per heavy atom. The van der Waals surface area contributed by atoms with Gasteiger partial charge in [-0.2, -0.15) is 0 Å². The Kier molecular flexibility index (Phi) is 22.0. The fourth-order valence-corrected chi connectivity index (χ4v) is 4.02. The van der Waals surface area contributed by atoms with Crippen LogP contribution in [0.15, 0.2) is 60.7 Å². The van der Waals surface area contributed by atoms with Crippen molar-refractivity contribution in [3.63, 3.8) is 0 Å². The highest BCUT2D eigenvalue weighted by molar-refractivity contribution is 6.69.